The Kier molecular flexibility index (Phi) is 7.59. The standard InChI is InChI=1S/C13H27N3O2/c1-7-8-9(2)14-12(17)10(3)15-11(4)13(18)16(5)6/h9-11,15H,7-8H2,1-6H3,(H,14,17). The maximum atomic E-state index is 11.9. The summed E-state index contributed by atoms with van der Waals surface area (Å²) in [5, 5.41) is 5.93. The molecule has 0 saturated carbocycles. The average Bonchev–Trinajstić information content (AvgIpc) is 2.27. The van der Waals surface area contributed by atoms with Crippen LogP contribution in [0.15, 0.2) is 0 Å². The molecule has 2 N–H and O–H groups in total. The van der Waals surface area contributed by atoms with Crippen LogP contribution in [0.4, 0.5) is 0 Å². The van der Waals surface area contributed by atoms with Crippen molar-refractivity contribution in [3.8, 4) is 0 Å². The van der Waals surface area contributed by atoms with E-state index < -0.39 is 0 Å². The van der Waals surface area contributed by atoms with E-state index in [4.69, 9.17) is 0 Å². The van der Waals surface area contributed by atoms with Gasteiger partial charge in [0.1, 0.15) is 0 Å². The first-order valence-corrected chi connectivity index (χ1v) is 6.57. The van der Waals surface area contributed by atoms with E-state index >= 15 is 0 Å². The van der Waals surface area contributed by atoms with Crippen LogP contribution >= 0.6 is 0 Å². The summed E-state index contributed by atoms with van der Waals surface area (Å²) in [5.74, 6) is -0.0920. The summed E-state index contributed by atoms with van der Waals surface area (Å²) in [6.07, 6.45) is 2.00. The van der Waals surface area contributed by atoms with E-state index in [1.807, 2.05) is 6.92 Å². The molecule has 0 radical (unpaired) electrons. The number of likely N-dealkylation sites (N-methyl/N-ethyl adjacent to an activating group) is 1. The Morgan fingerprint density at radius 2 is 1.67 bits per heavy atom. The summed E-state index contributed by atoms with van der Waals surface area (Å²) in [7, 11) is 3.41. The minimum absolute atomic E-state index is 0.0312. The Labute approximate surface area is 110 Å². The molecule has 2 amide bonds. The number of carbonyl (C=O) groups is 2. The van der Waals surface area contributed by atoms with Crippen molar-refractivity contribution in [1.82, 2.24) is 15.5 Å². The third kappa shape index (κ3) is 6.00. The lowest BCUT2D eigenvalue weighted by molar-refractivity contribution is -0.131. The van der Waals surface area contributed by atoms with Crippen molar-refractivity contribution in [3.05, 3.63) is 0 Å². The molecule has 3 atom stereocenters. The first kappa shape index (κ1) is 16.9. The Morgan fingerprint density at radius 3 is 2.11 bits per heavy atom. The van der Waals surface area contributed by atoms with Gasteiger partial charge in [-0.05, 0) is 27.2 Å². The van der Waals surface area contributed by atoms with Crippen LogP contribution in [0.1, 0.15) is 40.5 Å². The van der Waals surface area contributed by atoms with Crippen LogP contribution in [0.2, 0.25) is 0 Å². The maximum Gasteiger partial charge on any atom is 0.238 e. The molecular formula is C13H27N3O2. The van der Waals surface area contributed by atoms with Gasteiger partial charge in [0.25, 0.3) is 0 Å². The molecule has 3 unspecified atom stereocenters. The Bertz CT molecular complexity index is 279. The molecule has 0 saturated heterocycles. The smallest absolute Gasteiger partial charge is 0.238 e. The van der Waals surface area contributed by atoms with Gasteiger partial charge in [0, 0.05) is 20.1 Å². The molecule has 0 rings (SSSR count). The highest BCUT2D eigenvalue weighted by molar-refractivity contribution is 5.84. The fraction of sp³-hybridized carbons (Fsp3) is 0.846. The normalized spacial score (nSPS) is 15.7. The fourth-order valence-electron chi connectivity index (χ4n) is 1.78. The van der Waals surface area contributed by atoms with E-state index in [1.54, 1.807) is 27.9 Å². The summed E-state index contributed by atoms with van der Waals surface area (Å²) in [6.45, 7) is 7.61. The number of nitrogens with zero attached hydrogens (tertiary/aromatic N) is 1. The molecule has 5 nitrogen and oxygen atoms in total. The van der Waals surface area contributed by atoms with Crippen molar-refractivity contribution >= 4 is 11.8 Å². The van der Waals surface area contributed by atoms with Crippen molar-refractivity contribution in [1.29, 1.82) is 0 Å². The molecule has 0 aromatic carbocycles. The number of hydrogen-bond acceptors (Lipinski definition) is 3. The average molecular weight is 257 g/mol. The third-order valence-corrected chi connectivity index (χ3v) is 2.81. The van der Waals surface area contributed by atoms with Gasteiger partial charge in [-0.15, -0.1) is 0 Å². The molecule has 0 aliphatic carbocycles. The molecule has 5 heteroatoms. The Morgan fingerprint density at radius 1 is 1.11 bits per heavy atom. The Hall–Kier alpha value is -1.10. The van der Waals surface area contributed by atoms with E-state index in [0.717, 1.165) is 12.8 Å². The number of amides is 2. The maximum absolute atomic E-state index is 11.9. The lowest BCUT2D eigenvalue weighted by Gasteiger charge is -2.23. The van der Waals surface area contributed by atoms with Gasteiger partial charge in [-0.1, -0.05) is 13.3 Å². The van der Waals surface area contributed by atoms with E-state index in [1.165, 1.54) is 4.90 Å². The predicted molar refractivity (Wildman–Crippen MR) is 73.3 cm³/mol. The molecule has 0 aliphatic heterocycles. The highest BCUT2D eigenvalue weighted by Gasteiger charge is 2.21. The summed E-state index contributed by atoms with van der Waals surface area (Å²) in [6, 6.07) is -0.558. The molecular weight excluding hydrogens is 230 g/mol. The number of hydrogen-bond donors (Lipinski definition) is 2. The minimum atomic E-state index is -0.372. The van der Waals surface area contributed by atoms with Gasteiger partial charge in [0.2, 0.25) is 11.8 Å². The number of carbonyl (C=O) groups excluding carboxylic acids is 2. The molecule has 0 fully saturated rings. The highest BCUT2D eigenvalue weighted by Crippen LogP contribution is 1.97. The van der Waals surface area contributed by atoms with E-state index in [0.29, 0.717) is 0 Å². The molecule has 0 aliphatic rings. The highest BCUT2D eigenvalue weighted by atomic mass is 16.2. The van der Waals surface area contributed by atoms with Gasteiger partial charge < -0.3 is 10.2 Å². The van der Waals surface area contributed by atoms with Crippen LogP contribution in [-0.2, 0) is 9.59 Å². The molecule has 106 valence electrons. The summed E-state index contributed by atoms with van der Waals surface area (Å²) < 4.78 is 0. The monoisotopic (exact) mass is 257 g/mol. The van der Waals surface area contributed by atoms with Crippen LogP contribution in [0, 0.1) is 0 Å². The van der Waals surface area contributed by atoms with Crippen molar-refractivity contribution < 1.29 is 9.59 Å². The van der Waals surface area contributed by atoms with E-state index in [2.05, 4.69) is 17.6 Å². The van der Waals surface area contributed by atoms with Crippen molar-refractivity contribution in [2.75, 3.05) is 14.1 Å². The lowest BCUT2D eigenvalue weighted by atomic mass is 10.1. The summed E-state index contributed by atoms with van der Waals surface area (Å²) in [4.78, 5) is 25.0. The Balaban J connectivity index is 4.19. The molecule has 0 bridgehead atoms. The van der Waals surface area contributed by atoms with Crippen molar-refractivity contribution in [3.63, 3.8) is 0 Å². The van der Waals surface area contributed by atoms with Crippen LogP contribution < -0.4 is 10.6 Å². The zero-order chi connectivity index (χ0) is 14.3. The summed E-state index contributed by atoms with van der Waals surface area (Å²) >= 11 is 0. The lowest BCUT2D eigenvalue weighted by Crippen LogP contribution is -2.52. The largest absolute Gasteiger partial charge is 0.352 e. The zero-order valence-corrected chi connectivity index (χ0v) is 12.4. The minimum Gasteiger partial charge on any atom is -0.352 e. The van der Waals surface area contributed by atoms with Crippen molar-refractivity contribution in [2.24, 2.45) is 0 Å². The van der Waals surface area contributed by atoms with Crippen LogP contribution in [-0.4, -0.2) is 48.9 Å². The zero-order valence-electron chi connectivity index (χ0n) is 12.4. The first-order valence-electron chi connectivity index (χ1n) is 6.57. The second-order valence-electron chi connectivity index (χ2n) is 5.04. The topological polar surface area (TPSA) is 61.4 Å². The van der Waals surface area contributed by atoms with E-state index in [9.17, 15) is 9.59 Å². The van der Waals surface area contributed by atoms with Crippen molar-refractivity contribution in [2.45, 2.75) is 58.7 Å². The second kappa shape index (κ2) is 8.08. The first-order chi connectivity index (χ1) is 8.29. The van der Waals surface area contributed by atoms with Gasteiger partial charge in [-0.3, -0.25) is 14.9 Å². The van der Waals surface area contributed by atoms with Crippen LogP contribution in [0.3, 0.4) is 0 Å². The number of nitrogens with one attached hydrogen (secondary N) is 2. The third-order valence-electron chi connectivity index (χ3n) is 2.81. The second-order valence-corrected chi connectivity index (χ2v) is 5.04. The molecule has 0 heterocycles. The van der Waals surface area contributed by atoms with Crippen LogP contribution in [0.5, 0.6) is 0 Å². The van der Waals surface area contributed by atoms with Gasteiger partial charge >= 0.3 is 0 Å². The van der Waals surface area contributed by atoms with Gasteiger partial charge in [0.15, 0.2) is 0 Å². The molecule has 18 heavy (non-hydrogen) atoms. The SMILES string of the molecule is CCCC(C)NC(=O)C(C)NC(C)C(=O)N(C)C. The fourth-order valence-corrected chi connectivity index (χ4v) is 1.78. The molecule has 0 aromatic heterocycles. The molecule has 0 aromatic rings. The quantitative estimate of drug-likeness (QED) is 0.707. The van der Waals surface area contributed by atoms with Gasteiger partial charge in [-0.25, -0.2) is 0 Å². The van der Waals surface area contributed by atoms with E-state index in [-0.39, 0.29) is 29.9 Å². The van der Waals surface area contributed by atoms with Gasteiger partial charge in [0.05, 0.1) is 12.1 Å². The summed E-state index contributed by atoms with van der Waals surface area (Å²) in [5.41, 5.74) is 0. The van der Waals surface area contributed by atoms with Crippen LogP contribution in [0.25, 0.3) is 0 Å². The molecule has 0 spiro atoms. The van der Waals surface area contributed by atoms with Gasteiger partial charge in [-0.2, -0.15) is 0 Å². The number of rotatable bonds is 7. The predicted octanol–water partition coefficient (Wildman–Crippen LogP) is 0.746.